The fourth-order valence-electron chi connectivity index (χ4n) is 3.99. The van der Waals surface area contributed by atoms with Crippen molar-refractivity contribution in [3.8, 4) is 0 Å². The third kappa shape index (κ3) is 4.34. The second kappa shape index (κ2) is 8.70. The first-order chi connectivity index (χ1) is 15.0. The Labute approximate surface area is 181 Å². The van der Waals surface area contributed by atoms with Gasteiger partial charge in [0.05, 0.1) is 6.67 Å². The van der Waals surface area contributed by atoms with Crippen LogP contribution in [0.1, 0.15) is 16.7 Å². The number of nitrogens with zero attached hydrogens (tertiary/aromatic N) is 2. The van der Waals surface area contributed by atoms with Crippen LogP contribution < -0.4 is 5.32 Å². The van der Waals surface area contributed by atoms with Gasteiger partial charge in [-0.3, -0.25) is 9.69 Å². The SMILES string of the molecule is CN(Cc1ccc(F)cc1)CN1C(=O)N[C@@](Cc2ccccc2)(c2ccccc2)C1=O. The van der Waals surface area contributed by atoms with Gasteiger partial charge in [-0.25, -0.2) is 14.1 Å². The van der Waals surface area contributed by atoms with Gasteiger partial charge in [0.1, 0.15) is 5.82 Å². The van der Waals surface area contributed by atoms with E-state index in [4.69, 9.17) is 0 Å². The highest BCUT2D eigenvalue weighted by molar-refractivity contribution is 6.07. The summed E-state index contributed by atoms with van der Waals surface area (Å²) in [6, 6.07) is 24.8. The highest BCUT2D eigenvalue weighted by atomic mass is 19.1. The van der Waals surface area contributed by atoms with Crippen LogP contribution in [0.15, 0.2) is 84.9 Å². The van der Waals surface area contributed by atoms with Gasteiger partial charge in [-0.2, -0.15) is 0 Å². The smallest absolute Gasteiger partial charge is 0.319 e. The molecule has 0 aromatic heterocycles. The van der Waals surface area contributed by atoms with E-state index in [0.29, 0.717) is 13.0 Å². The van der Waals surface area contributed by atoms with Crippen LogP contribution in [-0.2, 0) is 23.3 Å². The molecule has 1 heterocycles. The fraction of sp³-hybridized carbons (Fsp3) is 0.200. The predicted molar refractivity (Wildman–Crippen MR) is 116 cm³/mol. The number of amides is 3. The first kappa shape index (κ1) is 20.8. The summed E-state index contributed by atoms with van der Waals surface area (Å²) >= 11 is 0. The van der Waals surface area contributed by atoms with Gasteiger partial charge in [0.15, 0.2) is 5.54 Å². The van der Waals surface area contributed by atoms with Crippen molar-refractivity contribution < 1.29 is 14.0 Å². The summed E-state index contributed by atoms with van der Waals surface area (Å²) < 4.78 is 13.2. The Kier molecular flexibility index (Phi) is 5.82. The maximum atomic E-state index is 13.6. The maximum absolute atomic E-state index is 13.6. The van der Waals surface area contributed by atoms with Crippen molar-refractivity contribution in [2.75, 3.05) is 13.7 Å². The minimum atomic E-state index is -1.16. The van der Waals surface area contributed by atoms with Gasteiger partial charge in [0.2, 0.25) is 0 Å². The van der Waals surface area contributed by atoms with Gasteiger partial charge in [-0.1, -0.05) is 72.8 Å². The minimum absolute atomic E-state index is 0.130. The second-order valence-electron chi connectivity index (χ2n) is 7.88. The van der Waals surface area contributed by atoms with Crippen molar-refractivity contribution >= 4 is 11.9 Å². The maximum Gasteiger partial charge on any atom is 0.326 e. The Morgan fingerprint density at radius 2 is 1.48 bits per heavy atom. The number of urea groups is 1. The summed E-state index contributed by atoms with van der Waals surface area (Å²) in [5.74, 6) is -0.576. The van der Waals surface area contributed by atoms with E-state index in [-0.39, 0.29) is 18.4 Å². The molecule has 0 unspecified atom stereocenters. The van der Waals surface area contributed by atoms with Gasteiger partial charge in [0, 0.05) is 13.0 Å². The van der Waals surface area contributed by atoms with Crippen molar-refractivity contribution in [1.82, 2.24) is 15.1 Å². The molecule has 31 heavy (non-hydrogen) atoms. The lowest BCUT2D eigenvalue weighted by molar-refractivity contribution is -0.133. The van der Waals surface area contributed by atoms with E-state index in [0.717, 1.165) is 16.7 Å². The molecule has 1 N–H and O–H groups in total. The average molecular weight is 417 g/mol. The van der Waals surface area contributed by atoms with E-state index in [9.17, 15) is 14.0 Å². The Hall–Kier alpha value is -3.51. The predicted octanol–water partition coefficient (Wildman–Crippen LogP) is 3.91. The summed E-state index contributed by atoms with van der Waals surface area (Å²) in [5.41, 5.74) is 1.45. The van der Waals surface area contributed by atoms with E-state index in [2.05, 4.69) is 5.32 Å². The minimum Gasteiger partial charge on any atom is -0.319 e. The van der Waals surface area contributed by atoms with Gasteiger partial charge < -0.3 is 5.32 Å². The van der Waals surface area contributed by atoms with E-state index >= 15 is 0 Å². The Morgan fingerprint density at radius 3 is 2.13 bits per heavy atom. The van der Waals surface area contributed by atoms with Crippen molar-refractivity contribution in [3.63, 3.8) is 0 Å². The van der Waals surface area contributed by atoms with Gasteiger partial charge in [-0.05, 0) is 35.9 Å². The average Bonchev–Trinajstić information content (AvgIpc) is 3.01. The number of hydrogen-bond donors (Lipinski definition) is 1. The van der Waals surface area contributed by atoms with Crippen molar-refractivity contribution in [1.29, 1.82) is 0 Å². The summed E-state index contributed by atoms with van der Waals surface area (Å²) in [5, 5.41) is 2.97. The molecule has 1 fully saturated rings. The summed E-state index contributed by atoms with van der Waals surface area (Å²) in [6.07, 6.45) is 0.362. The van der Waals surface area contributed by atoms with Crippen LogP contribution in [0.5, 0.6) is 0 Å². The monoisotopic (exact) mass is 417 g/mol. The van der Waals surface area contributed by atoms with Crippen molar-refractivity contribution in [2.24, 2.45) is 0 Å². The number of carbonyl (C=O) groups excluding carboxylic acids is 2. The molecule has 0 aliphatic carbocycles. The number of imide groups is 1. The molecule has 0 bridgehead atoms. The van der Waals surface area contributed by atoms with E-state index < -0.39 is 11.6 Å². The normalized spacial score (nSPS) is 18.5. The first-order valence-corrected chi connectivity index (χ1v) is 10.1. The quantitative estimate of drug-likeness (QED) is 0.593. The summed E-state index contributed by atoms with van der Waals surface area (Å²) in [7, 11) is 1.82. The third-order valence-electron chi connectivity index (χ3n) is 5.50. The van der Waals surface area contributed by atoms with Crippen LogP contribution in [-0.4, -0.2) is 35.5 Å². The Balaban J connectivity index is 1.58. The van der Waals surface area contributed by atoms with Gasteiger partial charge >= 0.3 is 6.03 Å². The van der Waals surface area contributed by atoms with Crippen LogP contribution in [0.3, 0.4) is 0 Å². The van der Waals surface area contributed by atoms with Crippen LogP contribution in [0, 0.1) is 5.82 Å². The lowest BCUT2D eigenvalue weighted by atomic mass is 9.83. The number of hydrogen-bond acceptors (Lipinski definition) is 3. The van der Waals surface area contributed by atoms with Crippen LogP contribution in [0.2, 0.25) is 0 Å². The van der Waals surface area contributed by atoms with Gasteiger partial charge in [-0.15, -0.1) is 0 Å². The van der Waals surface area contributed by atoms with E-state index in [1.807, 2.05) is 72.6 Å². The zero-order valence-corrected chi connectivity index (χ0v) is 17.3. The molecule has 0 radical (unpaired) electrons. The highest BCUT2D eigenvalue weighted by Crippen LogP contribution is 2.33. The summed E-state index contributed by atoms with van der Waals surface area (Å²) in [4.78, 5) is 29.7. The zero-order chi connectivity index (χ0) is 21.8. The first-order valence-electron chi connectivity index (χ1n) is 10.1. The molecule has 3 amide bonds. The lowest BCUT2D eigenvalue weighted by Crippen LogP contribution is -2.46. The van der Waals surface area contributed by atoms with Crippen molar-refractivity contribution in [2.45, 2.75) is 18.5 Å². The van der Waals surface area contributed by atoms with E-state index in [1.165, 1.54) is 17.0 Å². The molecule has 0 spiro atoms. The highest BCUT2D eigenvalue weighted by Gasteiger charge is 2.52. The van der Waals surface area contributed by atoms with Crippen LogP contribution >= 0.6 is 0 Å². The molecular formula is C25H24FN3O2. The number of carbonyl (C=O) groups is 2. The Bertz CT molecular complexity index is 1060. The molecule has 3 aromatic rings. The number of benzene rings is 3. The molecule has 3 aromatic carbocycles. The lowest BCUT2D eigenvalue weighted by Gasteiger charge is -2.28. The molecule has 0 saturated carbocycles. The zero-order valence-electron chi connectivity index (χ0n) is 17.3. The molecule has 1 aliphatic rings. The number of halogens is 1. The third-order valence-corrected chi connectivity index (χ3v) is 5.50. The standard InChI is InChI=1S/C25H24FN3O2/c1-28(17-20-12-14-22(26)15-13-20)18-29-23(30)25(27-24(29)31,21-10-6-3-7-11-21)16-19-8-4-2-5-9-19/h2-15H,16-18H2,1H3,(H,27,31)/t25-/m0/s1. The molecule has 158 valence electrons. The molecular weight excluding hydrogens is 393 g/mol. The molecule has 6 heteroatoms. The largest absolute Gasteiger partial charge is 0.326 e. The molecule has 1 saturated heterocycles. The van der Waals surface area contributed by atoms with E-state index in [1.54, 1.807) is 12.1 Å². The van der Waals surface area contributed by atoms with Crippen molar-refractivity contribution in [3.05, 3.63) is 107 Å². The molecule has 1 aliphatic heterocycles. The summed E-state index contributed by atoms with van der Waals surface area (Å²) in [6.45, 7) is 0.611. The Morgan fingerprint density at radius 1 is 0.871 bits per heavy atom. The number of nitrogens with one attached hydrogen (secondary N) is 1. The van der Waals surface area contributed by atoms with Gasteiger partial charge in [0.25, 0.3) is 5.91 Å². The molecule has 1 atom stereocenters. The molecule has 4 rings (SSSR count). The topological polar surface area (TPSA) is 52.6 Å². The molecule has 5 nitrogen and oxygen atoms in total. The fourth-order valence-corrected chi connectivity index (χ4v) is 3.99. The van der Waals surface area contributed by atoms with Crippen LogP contribution in [0.4, 0.5) is 9.18 Å². The van der Waals surface area contributed by atoms with Crippen LogP contribution in [0.25, 0.3) is 0 Å². The second-order valence-corrected chi connectivity index (χ2v) is 7.88. The number of rotatable bonds is 7.